The normalized spacial score (nSPS) is 10.8. The molecule has 0 unspecified atom stereocenters. The summed E-state index contributed by atoms with van der Waals surface area (Å²) in [4.78, 5) is 28.4. The quantitative estimate of drug-likeness (QED) is 0.734. The summed E-state index contributed by atoms with van der Waals surface area (Å²) in [5, 5.41) is 9.62. The summed E-state index contributed by atoms with van der Waals surface area (Å²) in [6.07, 6.45) is 1.53. The molecule has 0 aliphatic heterocycles. The predicted molar refractivity (Wildman–Crippen MR) is 84.2 cm³/mol. The molecular formula is C16H16N4O4. The Kier molecular flexibility index (Phi) is 4.28. The molecule has 0 aliphatic carbocycles. The lowest BCUT2D eigenvalue weighted by Crippen LogP contribution is -2.36. The number of nitrogens with one attached hydrogen (secondary N) is 2. The number of aryl methyl sites for hydroxylation is 2. The second-order valence-electron chi connectivity index (χ2n) is 5.30. The fourth-order valence-electron chi connectivity index (χ4n) is 2.31. The van der Waals surface area contributed by atoms with Crippen molar-refractivity contribution in [1.29, 1.82) is 0 Å². The highest BCUT2D eigenvalue weighted by molar-refractivity contribution is 6.06. The number of pyridine rings is 1. The molecule has 3 aromatic rings. The molecule has 3 aromatic heterocycles. The number of aromatic nitrogens is 2. The molecule has 124 valence electrons. The van der Waals surface area contributed by atoms with Crippen LogP contribution in [0.25, 0.3) is 11.1 Å². The minimum Gasteiger partial charge on any atom is -0.467 e. The first-order valence-corrected chi connectivity index (χ1v) is 7.35. The van der Waals surface area contributed by atoms with Gasteiger partial charge in [-0.3, -0.25) is 9.59 Å². The van der Waals surface area contributed by atoms with Gasteiger partial charge in [-0.25, -0.2) is 4.98 Å². The van der Waals surface area contributed by atoms with Crippen molar-refractivity contribution in [1.82, 2.24) is 20.8 Å². The van der Waals surface area contributed by atoms with Gasteiger partial charge in [0.25, 0.3) is 11.6 Å². The van der Waals surface area contributed by atoms with E-state index >= 15 is 0 Å². The van der Waals surface area contributed by atoms with Gasteiger partial charge in [0.15, 0.2) is 0 Å². The maximum atomic E-state index is 12.4. The second kappa shape index (κ2) is 6.53. The first-order chi connectivity index (χ1) is 11.5. The first-order valence-electron chi connectivity index (χ1n) is 7.35. The highest BCUT2D eigenvalue weighted by Crippen LogP contribution is 2.21. The molecule has 0 radical (unpaired) electrons. The largest absolute Gasteiger partial charge is 0.467 e. The Bertz CT molecular complexity index is 883. The van der Waals surface area contributed by atoms with E-state index in [0.29, 0.717) is 33.8 Å². The number of hydrogen-bond acceptors (Lipinski definition) is 6. The molecule has 2 amide bonds. The zero-order chi connectivity index (χ0) is 17.1. The Morgan fingerprint density at radius 2 is 2.08 bits per heavy atom. The van der Waals surface area contributed by atoms with E-state index in [2.05, 4.69) is 20.8 Å². The van der Waals surface area contributed by atoms with E-state index in [0.717, 1.165) is 0 Å². The minimum atomic E-state index is -0.384. The Labute approximate surface area is 137 Å². The zero-order valence-corrected chi connectivity index (χ0v) is 13.3. The van der Waals surface area contributed by atoms with Gasteiger partial charge in [-0.2, -0.15) is 0 Å². The Hall–Kier alpha value is -3.16. The van der Waals surface area contributed by atoms with E-state index in [4.69, 9.17) is 8.94 Å². The molecular weight excluding hydrogens is 312 g/mol. The smallest absolute Gasteiger partial charge is 0.258 e. The highest BCUT2D eigenvalue weighted by Gasteiger charge is 2.18. The maximum absolute atomic E-state index is 12.4. The number of hydrogen-bond donors (Lipinski definition) is 2. The Morgan fingerprint density at radius 1 is 1.25 bits per heavy atom. The number of furan rings is 1. The van der Waals surface area contributed by atoms with Crippen LogP contribution in [0, 0.1) is 13.8 Å². The number of carbonyl (C=O) groups is 2. The van der Waals surface area contributed by atoms with Crippen molar-refractivity contribution in [3.8, 4) is 0 Å². The topological polar surface area (TPSA) is 110 Å². The number of fused-ring (bicyclic) bond motifs is 1. The van der Waals surface area contributed by atoms with Gasteiger partial charge in [0, 0.05) is 5.69 Å². The zero-order valence-electron chi connectivity index (χ0n) is 13.3. The molecule has 3 heterocycles. The third-order valence-corrected chi connectivity index (χ3v) is 3.44. The molecule has 0 aliphatic rings. The van der Waals surface area contributed by atoms with Crippen LogP contribution in [0.1, 0.15) is 27.5 Å². The van der Waals surface area contributed by atoms with E-state index in [-0.39, 0.29) is 24.9 Å². The fraction of sp³-hybridized carbons (Fsp3) is 0.250. The van der Waals surface area contributed by atoms with Crippen LogP contribution in [0.5, 0.6) is 0 Å². The van der Waals surface area contributed by atoms with Gasteiger partial charge in [-0.15, -0.1) is 0 Å². The van der Waals surface area contributed by atoms with Crippen LogP contribution < -0.4 is 10.6 Å². The van der Waals surface area contributed by atoms with E-state index in [1.165, 1.54) is 6.26 Å². The van der Waals surface area contributed by atoms with E-state index in [1.54, 1.807) is 32.0 Å². The van der Waals surface area contributed by atoms with Crippen molar-refractivity contribution < 1.29 is 18.5 Å². The minimum absolute atomic E-state index is 0.146. The second-order valence-corrected chi connectivity index (χ2v) is 5.30. The summed E-state index contributed by atoms with van der Waals surface area (Å²) >= 11 is 0. The van der Waals surface area contributed by atoms with E-state index < -0.39 is 0 Å². The summed E-state index contributed by atoms with van der Waals surface area (Å²) in [5.41, 5.74) is 1.89. The highest BCUT2D eigenvalue weighted by atomic mass is 16.5. The van der Waals surface area contributed by atoms with Crippen molar-refractivity contribution in [2.45, 2.75) is 20.4 Å². The molecule has 24 heavy (non-hydrogen) atoms. The summed E-state index contributed by atoms with van der Waals surface area (Å²) < 4.78 is 10.2. The van der Waals surface area contributed by atoms with Crippen LogP contribution in [0.15, 0.2) is 33.4 Å². The molecule has 0 bridgehead atoms. The lowest BCUT2D eigenvalue weighted by Gasteiger charge is -2.07. The van der Waals surface area contributed by atoms with Crippen molar-refractivity contribution in [3.63, 3.8) is 0 Å². The molecule has 0 spiro atoms. The first kappa shape index (κ1) is 15.7. The van der Waals surface area contributed by atoms with Gasteiger partial charge in [0.2, 0.25) is 5.91 Å². The summed E-state index contributed by atoms with van der Waals surface area (Å²) in [5.74, 6) is -0.0602. The average molecular weight is 328 g/mol. The molecule has 8 nitrogen and oxygen atoms in total. The van der Waals surface area contributed by atoms with Gasteiger partial charge in [-0.1, -0.05) is 5.16 Å². The van der Waals surface area contributed by atoms with Gasteiger partial charge >= 0.3 is 0 Å². The van der Waals surface area contributed by atoms with Crippen LogP contribution in [0.2, 0.25) is 0 Å². The molecule has 2 N–H and O–H groups in total. The van der Waals surface area contributed by atoms with Gasteiger partial charge in [0.1, 0.15) is 5.76 Å². The molecule has 8 heteroatoms. The lowest BCUT2D eigenvalue weighted by atomic mass is 10.1. The molecule has 0 fully saturated rings. The Morgan fingerprint density at radius 3 is 2.83 bits per heavy atom. The van der Waals surface area contributed by atoms with Gasteiger partial charge in [-0.05, 0) is 32.0 Å². The SMILES string of the molecule is Cc1cc(C(=O)NCC(=O)NCc2ccco2)c2c(C)noc2n1. The van der Waals surface area contributed by atoms with Crippen LogP contribution in [-0.2, 0) is 11.3 Å². The monoisotopic (exact) mass is 328 g/mol. The maximum Gasteiger partial charge on any atom is 0.258 e. The molecule has 3 rings (SSSR count). The number of amides is 2. The number of nitrogens with zero attached hydrogens (tertiary/aromatic N) is 2. The number of carbonyl (C=O) groups excluding carboxylic acids is 2. The van der Waals surface area contributed by atoms with Gasteiger partial charge in [0.05, 0.1) is 36.0 Å². The van der Waals surface area contributed by atoms with Gasteiger partial charge < -0.3 is 19.6 Å². The van der Waals surface area contributed by atoms with Crippen molar-refractivity contribution in [2.75, 3.05) is 6.54 Å². The summed E-state index contributed by atoms with van der Waals surface area (Å²) in [7, 11) is 0. The molecule has 0 atom stereocenters. The fourth-order valence-corrected chi connectivity index (χ4v) is 2.31. The summed E-state index contributed by atoms with van der Waals surface area (Å²) in [6.45, 7) is 3.61. The predicted octanol–water partition coefficient (Wildman–Crippen LogP) is 1.48. The van der Waals surface area contributed by atoms with Crippen molar-refractivity contribution >= 4 is 22.9 Å². The van der Waals surface area contributed by atoms with Crippen molar-refractivity contribution in [3.05, 3.63) is 47.2 Å². The van der Waals surface area contributed by atoms with Crippen LogP contribution >= 0.6 is 0 Å². The standard InChI is InChI=1S/C16H16N4O4/c1-9-6-12(14-10(2)20-24-16(14)19-9)15(22)18-8-13(21)17-7-11-4-3-5-23-11/h3-6H,7-8H2,1-2H3,(H,17,21)(H,18,22). The summed E-state index contributed by atoms with van der Waals surface area (Å²) in [6, 6.07) is 5.13. The third kappa shape index (κ3) is 3.27. The molecule has 0 aromatic carbocycles. The van der Waals surface area contributed by atoms with Crippen LogP contribution in [-0.4, -0.2) is 28.5 Å². The van der Waals surface area contributed by atoms with E-state index in [1.807, 2.05) is 0 Å². The van der Waals surface area contributed by atoms with Crippen molar-refractivity contribution in [2.24, 2.45) is 0 Å². The molecule has 0 saturated heterocycles. The van der Waals surface area contributed by atoms with E-state index in [9.17, 15) is 9.59 Å². The van der Waals surface area contributed by atoms with Crippen LogP contribution in [0.3, 0.4) is 0 Å². The Balaban J connectivity index is 1.65. The third-order valence-electron chi connectivity index (χ3n) is 3.44. The number of rotatable bonds is 5. The molecule has 0 saturated carbocycles. The van der Waals surface area contributed by atoms with Crippen LogP contribution in [0.4, 0.5) is 0 Å². The average Bonchev–Trinajstić information content (AvgIpc) is 3.20. The lowest BCUT2D eigenvalue weighted by molar-refractivity contribution is -0.120.